The topological polar surface area (TPSA) is 130 Å². The van der Waals surface area contributed by atoms with Gasteiger partial charge in [0.1, 0.15) is 0 Å². The largest absolute Gasteiger partial charge is 0.481 e. The average molecular weight is 300 g/mol. The monoisotopic (exact) mass is 300 g/mol. The van der Waals surface area contributed by atoms with Gasteiger partial charge in [-0.1, -0.05) is 25.7 Å². The number of amides is 1. The fraction of sp³-hybridized carbons (Fsp3) is 0.786. The summed E-state index contributed by atoms with van der Waals surface area (Å²) >= 11 is 0. The summed E-state index contributed by atoms with van der Waals surface area (Å²) in [6.07, 6.45) is 4.67. The van der Waals surface area contributed by atoms with Crippen molar-refractivity contribution in [2.24, 2.45) is 11.1 Å². The smallest absolute Gasteiger partial charge is 0.311 e. The summed E-state index contributed by atoms with van der Waals surface area (Å²) in [4.78, 5) is 33.8. The molecule has 21 heavy (non-hydrogen) atoms. The second-order valence-corrected chi connectivity index (χ2v) is 5.76. The number of nitrogens with one attached hydrogen (secondary N) is 1. The highest BCUT2D eigenvalue weighted by atomic mass is 16.4. The minimum Gasteiger partial charge on any atom is -0.481 e. The summed E-state index contributed by atoms with van der Waals surface area (Å²) in [5, 5.41) is 20.6. The van der Waals surface area contributed by atoms with E-state index < -0.39 is 29.3 Å². The molecule has 1 fully saturated rings. The minimum absolute atomic E-state index is 0.0429. The lowest BCUT2D eigenvalue weighted by Crippen LogP contribution is -2.48. The van der Waals surface area contributed by atoms with Crippen molar-refractivity contribution in [3.05, 3.63) is 0 Å². The number of carboxylic acid groups (broad SMARTS) is 2. The quantitative estimate of drug-likeness (QED) is 0.513. The third-order valence-corrected chi connectivity index (χ3v) is 4.12. The maximum atomic E-state index is 11.8. The Hall–Kier alpha value is -1.63. The first-order chi connectivity index (χ1) is 9.87. The second kappa shape index (κ2) is 7.97. The number of nitrogens with two attached hydrogens (primary N) is 1. The molecular formula is C14H24N2O5. The summed E-state index contributed by atoms with van der Waals surface area (Å²) in [5.41, 5.74) is 4.69. The van der Waals surface area contributed by atoms with Gasteiger partial charge in [-0.05, 0) is 19.3 Å². The van der Waals surface area contributed by atoms with Crippen molar-refractivity contribution in [3.63, 3.8) is 0 Å². The molecule has 7 heteroatoms. The van der Waals surface area contributed by atoms with Gasteiger partial charge in [0.2, 0.25) is 5.91 Å². The molecule has 1 aliphatic rings. The third-order valence-electron chi connectivity index (χ3n) is 4.12. The summed E-state index contributed by atoms with van der Waals surface area (Å²) < 4.78 is 0. The molecule has 0 saturated heterocycles. The number of carboxylic acids is 2. The first kappa shape index (κ1) is 17.4. The van der Waals surface area contributed by atoms with Crippen molar-refractivity contribution in [3.8, 4) is 0 Å². The number of carbonyl (C=O) groups excluding carboxylic acids is 1. The molecule has 0 spiro atoms. The molecule has 7 nitrogen and oxygen atoms in total. The molecule has 1 unspecified atom stereocenters. The Morgan fingerprint density at radius 2 is 1.67 bits per heavy atom. The van der Waals surface area contributed by atoms with Crippen LogP contribution in [0.5, 0.6) is 0 Å². The Morgan fingerprint density at radius 1 is 1.10 bits per heavy atom. The first-order valence-electron chi connectivity index (χ1n) is 7.36. The van der Waals surface area contributed by atoms with E-state index in [1.54, 1.807) is 0 Å². The van der Waals surface area contributed by atoms with E-state index in [-0.39, 0.29) is 19.4 Å². The van der Waals surface area contributed by atoms with E-state index in [4.69, 9.17) is 10.8 Å². The Balaban J connectivity index is 2.54. The zero-order valence-corrected chi connectivity index (χ0v) is 12.1. The average Bonchev–Trinajstić information content (AvgIpc) is 2.68. The molecule has 0 radical (unpaired) electrons. The molecule has 1 atom stereocenters. The van der Waals surface area contributed by atoms with Gasteiger partial charge in [0.25, 0.3) is 0 Å². The highest BCUT2D eigenvalue weighted by molar-refractivity contribution is 5.83. The van der Waals surface area contributed by atoms with Gasteiger partial charge < -0.3 is 21.3 Å². The molecule has 0 heterocycles. The molecule has 120 valence electrons. The number of hydrogen-bond donors (Lipinski definition) is 4. The van der Waals surface area contributed by atoms with Crippen LogP contribution in [-0.4, -0.2) is 40.6 Å². The van der Waals surface area contributed by atoms with Crippen LogP contribution in [0.15, 0.2) is 0 Å². The van der Waals surface area contributed by atoms with Crippen LogP contribution < -0.4 is 11.1 Å². The number of aliphatic carboxylic acids is 2. The molecule has 1 saturated carbocycles. The Kier molecular flexibility index (Phi) is 6.61. The van der Waals surface area contributed by atoms with Gasteiger partial charge in [-0.25, -0.2) is 0 Å². The van der Waals surface area contributed by atoms with Crippen molar-refractivity contribution >= 4 is 17.8 Å². The molecule has 1 rings (SSSR count). The van der Waals surface area contributed by atoms with Crippen LogP contribution in [-0.2, 0) is 14.4 Å². The summed E-state index contributed by atoms with van der Waals surface area (Å²) in [7, 11) is 0. The predicted molar refractivity (Wildman–Crippen MR) is 75.6 cm³/mol. The van der Waals surface area contributed by atoms with E-state index in [1.807, 2.05) is 0 Å². The minimum atomic E-state index is -1.01. The fourth-order valence-corrected chi connectivity index (χ4v) is 2.67. The number of rotatable bonds is 7. The molecule has 0 aromatic rings. The zero-order valence-electron chi connectivity index (χ0n) is 12.1. The third kappa shape index (κ3) is 5.34. The van der Waals surface area contributed by atoms with E-state index in [1.165, 1.54) is 0 Å². The van der Waals surface area contributed by atoms with Crippen LogP contribution >= 0.6 is 0 Å². The molecule has 1 amide bonds. The second-order valence-electron chi connectivity index (χ2n) is 5.76. The van der Waals surface area contributed by atoms with Crippen molar-refractivity contribution in [1.29, 1.82) is 0 Å². The lowest BCUT2D eigenvalue weighted by Gasteiger charge is -2.28. The van der Waals surface area contributed by atoms with E-state index in [0.29, 0.717) is 12.8 Å². The van der Waals surface area contributed by atoms with E-state index in [9.17, 15) is 19.5 Å². The van der Waals surface area contributed by atoms with Crippen LogP contribution in [0.2, 0.25) is 0 Å². The van der Waals surface area contributed by atoms with Crippen LogP contribution in [0, 0.1) is 5.41 Å². The van der Waals surface area contributed by atoms with Crippen LogP contribution in [0.1, 0.15) is 51.4 Å². The van der Waals surface area contributed by atoms with E-state index in [0.717, 1.165) is 25.7 Å². The Morgan fingerprint density at radius 3 is 2.14 bits per heavy atom. The van der Waals surface area contributed by atoms with Gasteiger partial charge in [-0.2, -0.15) is 0 Å². The molecule has 0 aliphatic heterocycles. The standard InChI is InChI=1S/C14H24N2O5/c15-10(5-6-11(17)18)12(19)16-9-14(13(20)21)7-3-1-2-4-8-14/h10H,1-9,15H2,(H,16,19)(H,17,18)(H,20,21). The molecular weight excluding hydrogens is 276 g/mol. The maximum absolute atomic E-state index is 11.8. The van der Waals surface area contributed by atoms with Crippen LogP contribution in [0.4, 0.5) is 0 Å². The van der Waals surface area contributed by atoms with Crippen molar-refractivity contribution in [2.45, 2.75) is 57.4 Å². The summed E-state index contributed by atoms with van der Waals surface area (Å²) in [6.45, 7) is 0.0575. The summed E-state index contributed by atoms with van der Waals surface area (Å²) in [5.74, 6) is -2.38. The zero-order chi connectivity index (χ0) is 15.9. The van der Waals surface area contributed by atoms with Crippen molar-refractivity contribution < 1.29 is 24.6 Å². The SMILES string of the molecule is NC(CCC(=O)O)C(=O)NCC1(C(=O)O)CCCCCC1. The molecule has 0 aromatic carbocycles. The number of carbonyl (C=O) groups is 3. The first-order valence-corrected chi connectivity index (χ1v) is 7.36. The lowest BCUT2D eigenvalue weighted by atomic mass is 9.80. The van der Waals surface area contributed by atoms with Gasteiger partial charge in [0.15, 0.2) is 0 Å². The van der Waals surface area contributed by atoms with E-state index in [2.05, 4.69) is 5.32 Å². The van der Waals surface area contributed by atoms with Crippen LogP contribution in [0.25, 0.3) is 0 Å². The summed E-state index contributed by atoms with van der Waals surface area (Å²) in [6, 6.07) is -0.919. The highest BCUT2D eigenvalue weighted by Gasteiger charge is 2.39. The maximum Gasteiger partial charge on any atom is 0.311 e. The molecule has 5 N–H and O–H groups in total. The van der Waals surface area contributed by atoms with Gasteiger partial charge in [0.05, 0.1) is 11.5 Å². The van der Waals surface area contributed by atoms with Gasteiger partial charge in [-0.3, -0.25) is 14.4 Å². The lowest BCUT2D eigenvalue weighted by molar-refractivity contribution is -0.149. The van der Waals surface area contributed by atoms with Gasteiger partial charge in [0, 0.05) is 13.0 Å². The molecule has 0 bridgehead atoms. The highest BCUT2D eigenvalue weighted by Crippen LogP contribution is 2.34. The Bertz CT molecular complexity index is 389. The van der Waals surface area contributed by atoms with Gasteiger partial charge >= 0.3 is 11.9 Å². The van der Waals surface area contributed by atoms with Gasteiger partial charge in [-0.15, -0.1) is 0 Å². The molecule has 0 aromatic heterocycles. The number of hydrogen-bond acceptors (Lipinski definition) is 4. The van der Waals surface area contributed by atoms with Crippen molar-refractivity contribution in [1.82, 2.24) is 5.32 Å². The van der Waals surface area contributed by atoms with E-state index >= 15 is 0 Å². The molecule has 1 aliphatic carbocycles. The predicted octanol–water partition coefficient (Wildman–Crippen LogP) is 0.720. The normalized spacial score (nSPS) is 19.3. The Labute approximate surface area is 123 Å². The van der Waals surface area contributed by atoms with Crippen molar-refractivity contribution in [2.75, 3.05) is 6.54 Å². The fourth-order valence-electron chi connectivity index (χ4n) is 2.67. The van der Waals surface area contributed by atoms with Crippen LogP contribution in [0.3, 0.4) is 0 Å².